The first-order chi connectivity index (χ1) is 16.1. The van der Waals surface area contributed by atoms with Gasteiger partial charge in [0.1, 0.15) is 5.84 Å². The summed E-state index contributed by atoms with van der Waals surface area (Å²) in [6, 6.07) is 18.1. The molecule has 1 atom stereocenters. The van der Waals surface area contributed by atoms with Gasteiger partial charge in [0.2, 0.25) is 0 Å². The third-order valence-electron chi connectivity index (χ3n) is 6.04. The zero-order chi connectivity index (χ0) is 23.0. The maximum Gasteiger partial charge on any atom is 0.317 e. The number of hydrogen-bond acceptors (Lipinski definition) is 5. The Hall–Kier alpha value is -3.45. The molecule has 4 rings (SSSR count). The van der Waals surface area contributed by atoms with Crippen LogP contribution in [0.1, 0.15) is 36.0 Å². The van der Waals surface area contributed by atoms with E-state index in [4.69, 9.17) is 15.4 Å². The number of piperidine rings is 1. The number of carboxylic acid groups (broad SMARTS) is 1. The van der Waals surface area contributed by atoms with Crippen molar-refractivity contribution in [3.05, 3.63) is 82.9 Å². The first-order valence-corrected chi connectivity index (χ1v) is 11.4. The highest BCUT2D eigenvalue weighted by atomic mass is 16.6. The molecule has 2 aromatic rings. The van der Waals surface area contributed by atoms with Gasteiger partial charge in [0.15, 0.2) is 6.10 Å². The second-order valence-electron chi connectivity index (χ2n) is 8.50. The Bertz CT molecular complexity index is 1020. The molecule has 172 valence electrons. The molecule has 0 aromatic heterocycles. The van der Waals surface area contributed by atoms with E-state index in [1.54, 1.807) is 0 Å². The molecule has 1 fully saturated rings. The summed E-state index contributed by atoms with van der Waals surface area (Å²) in [6.45, 7) is 2.36. The van der Waals surface area contributed by atoms with Crippen molar-refractivity contribution in [1.82, 2.24) is 10.2 Å². The van der Waals surface area contributed by atoms with E-state index in [2.05, 4.69) is 28.7 Å². The molecule has 0 spiro atoms. The van der Waals surface area contributed by atoms with Crippen LogP contribution in [0.25, 0.3) is 0 Å². The number of rotatable bonds is 8. The first-order valence-electron chi connectivity index (χ1n) is 11.4. The van der Waals surface area contributed by atoms with E-state index in [-0.39, 0.29) is 12.6 Å². The summed E-state index contributed by atoms with van der Waals surface area (Å²) in [5.41, 5.74) is 5.33. The Morgan fingerprint density at radius 3 is 2.58 bits per heavy atom. The molecule has 7 heteroatoms. The predicted molar refractivity (Wildman–Crippen MR) is 129 cm³/mol. The van der Waals surface area contributed by atoms with Crippen molar-refractivity contribution >= 4 is 17.5 Å². The van der Waals surface area contributed by atoms with Crippen LogP contribution in [0, 0.1) is 5.41 Å². The average Bonchev–Trinajstić information content (AvgIpc) is 3.29. The van der Waals surface area contributed by atoms with Crippen LogP contribution in [-0.4, -0.2) is 59.8 Å². The average molecular weight is 447 g/mol. The van der Waals surface area contributed by atoms with Gasteiger partial charge < -0.3 is 15.3 Å². The number of likely N-dealkylation sites (tertiary alicyclic amines) is 1. The summed E-state index contributed by atoms with van der Waals surface area (Å²) in [6.07, 6.45) is 5.42. The highest BCUT2D eigenvalue weighted by Gasteiger charge is 2.23. The zero-order valence-corrected chi connectivity index (χ0v) is 18.7. The SMILES string of the molecule is N=C(NCCc1ccccc1)c1ccc(C2=NOC(C=C3CCN(CC(=O)O)CC3)C2)cc1. The third kappa shape index (κ3) is 6.52. The summed E-state index contributed by atoms with van der Waals surface area (Å²) in [7, 11) is 0. The number of oxime groups is 1. The fourth-order valence-electron chi connectivity index (χ4n) is 4.18. The van der Waals surface area contributed by atoms with Gasteiger partial charge in [-0.05, 0) is 36.5 Å². The van der Waals surface area contributed by atoms with E-state index >= 15 is 0 Å². The van der Waals surface area contributed by atoms with Crippen LogP contribution in [0.5, 0.6) is 0 Å². The normalized spacial score (nSPS) is 18.4. The Morgan fingerprint density at radius 1 is 1.15 bits per heavy atom. The van der Waals surface area contributed by atoms with Gasteiger partial charge in [-0.1, -0.05) is 65.3 Å². The minimum absolute atomic E-state index is 0.0707. The number of amidine groups is 1. The summed E-state index contributed by atoms with van der Waals surface area (Å²) in [5, 5.41) is 24.7. The minimum atomic E-state index is -0.774. The molecular formula is C26H30N4O3. The number of hydrogen-bond donors (Lipinski definition) is 3. The van der Waals surface area contributed by atoms with Crippen molar-refractivity contribution in [1.29, 1.82) is 5.41 Å². The molecule has 3 N–H and O–H groups in total. The summed E-state index contributed by atoms with van der Waals surface area (Å²) in [5.74, 6) is -0.359. The van der Waals surface area contributed by atoms with Crippen LogP contribution in [0.15, 0.2) is 71.4 Å². The van der Waals surface area contributed by atoms with Crippen molar-refractivity contribution < 1.29 is 14.7 Å². The number of benzene rings is 2. The molecule has 7 nitrogen and oxygen atoms in total. The molecule has 2 aromatic carbocycles. The topological polar surface area (TPSA) is 98.0 Å². The first kappa shape index (κ1) is 22.7. The van der Waals surface area contributed by atoms with Crippen LogP contribution < -0.4 is 5.32 Å². The minimum Gasteiger partial charge on any atom is -0.480 e. The Labute approximate surface area is 194 Å². The monoisotopic (exact) mass is 446 g/mol. The summed E-state index contributed by atoms with van der Waals surface area (Å²) >= 11 is 0. The van der Waals surface area contributed by atoms with Crippen molar-refractivity contribution in [2.45, 2.75) is 31.8 Å². The van der Waals surface area contributed by atoms with Crippen molar-refractivity contribution in [2.75, 3.05) is 26.2 Å². The maximum atomic E-state index is 10.9. The van der Waals surface area contributed by atoms with Gasteiger partial charge in [0.05, 0.1) is 12.3 Å². The lowest BCUT2D eigenvalue weighted by Gasteiger charge is -2.27. The van der Waals surface area contributed by atoms with Crippen molar-refractivity contribution in [2.24, 2.45) is 5.16 Å². The molecule has 1 saturated heterocycles. The maximum absolute atomic E-state index is 10.9. The fourth-order valence-corrected chi connectivity index (χ4v) is 4.18. The number of nitrogens with zero attached hydrogens (tertiary/aromatic N) is 2. The van der Waals surface area contributed by atoms with Gasteiger partial charge in [-0.25, -0.2) is 0 Å². The predicted octanol–water partition coefficient (Wildman–Crippen LogP) is 3.44. The van der Waals surface area contributed by atoms with Crippen LogP contribution in [0.3, 0.4) is 0 Å². The van der Waals surface area contributed by atoms with Gasteiger partial charge in [0, 0.05) is 31.6 Å². The van der Waals surface area contributed by atoms with Gasteiger partial charge in [-0.2, -0.15) is 0 Å². The van der Waals surface area contributed by atoms with Crippen LogP contribution in [0.2, 0.25) is 0 Å². The zero-order valence-electron chi connectivity index (χ0n) is 18.7. The molecule has 33 heavy (non-hydrogen) atoms. The summed E-state index contributed by atoms with van der Waals surface area (Å²) < 4.78 is 0. The van der Waals surface area contributed by atoms with E-state index in [0.717, 1.165) is 55.7 Å². The van der Waals surface area contributed by atoms with Gasteiger partial charge >= 0.3 is 5.97 Å². The quantitative estimate of drug-likeness (QED) is 0.328. The van der Waals surface area contributed by atoms with E-state index in [0.29, 0.717) is 12.3 Å². The molecule has 1 unspecified atom stereocenters. The molecule has 2 heterocycles. The number of aliphatic carboxylic acids is 1. The van der Waals surface area contributed by atoms with Gasteiger partial charge in [-0.15, -0.1) is 0 Å². The van der Waals surface area contributed by atoms with E-state index in [1.807, 2.05) is 47.4 Å². The number of carbonyl (C=O) groups is 1. The lowest BCUT2D eigenvalue weighted by molar-refractivity contribution is -0.138. The fraction of sp³-hybridized carbons (Fsp3) is 0.346. The smallest absolute Gasteiger partial charge is 0.317 e. The second kappa shape index (κ2) is 10.9. The van der Waals surface area contributed by atoms with Gasteiger partial charge in [-0.3, -0.25) is 15.1 Å². The van der Waals surface area contributed by atoms with Crippen molar-refractivity contribution in [3.63, 3.8) is 0 Å². The van der Waals surface area contributed by atoms with Crippen LogP contribution in [-0.2, 0) is 16.1 Å². The Kier molecular flexibility index (Phi) is 7.52. The molecule has 0 saturated carbocycles. The van der Waals surface area contributed by atoms with Crippen molar-refractivity contribution in [3.8, 4) is 0 Å². The molecule has 0 radical (unpaired) electrons. The molecule has 2 aliphatic rings. The summed E-state index contributed by atoms with van der Waals surface area (Å²) in [4.78, 5) is 18.5. The van der Waals surface area contributed by atoms with E-state index in [1.165, 1.54) is 11.1 Å². The molecule has 0 bridgehead atoms. The largest absolute Gasteiger partial charge is 0.480 e. The highest BCUT2D eigenvalue weighted by Crippen LogP contribution is 2.23. The van der Waals surface area contributed by atoms with E-state index < -0.39 is 5.97 Å². The Balaban J connectivity index is 1.24. The van der Waals surface area contributed by atoms with Crippen LogP contribution in [0.4, 0.5) is 0 Å². The molecule has 0 amide bonds. The highest BCUT2D eigenvalue weighted by molar-refractivity contribution is 6.03. The lowest BCUT2D eigenvalue weighted by atomic mass is 9.98. The number of carboxylic acids is 1. The molecular weight excluding hydrogens is 416 g/mol. The molecule has 0 aliphatic carbocycles. The van der Waals surface area contributed by atoms with Crippen LogP contribution >= 0.6 is 0 Å². The standard InChI is InChI=1S/C26H30N4O3/c27-26(28-13-10-19-4-2-1-3-5-19)22-8-6-21(7-9-22)24-17-23(33-29-24)16-20-11-14-30(15-12-20)18-25(31)32/h1-9,16,23H,10-15,17-18H2,(H2,27,28)(H,31,32). The lowest BCUT2D eigenvalue weighted by Crippen LogP contribution is -2.35. The molecule has 2 aliphatic heterocycles. The van der Waals surface area contributed by atoms with E-state index in [9.17, 15) is 4.79 Å². The Morgan fingerprint density at radius 2 is 1.88 bits per heavy atom. The second-order valence-corrected chi connectivity index (χ2v) is 8.50. The van der Waals surface area contributed by atoms with Gasteiger partial charge in [0.25, 0.3) is 0 Å². The third-order valence-corrected chi connectivity index (χ3v) is 6.04. The number of nitrogens with one attached hydrogen (secondary N) is 2.